The first-order valence-corrected chi connectivity index (χ1v) is 6.50. The third kappa shape index (κ3) is 4.33. The lowest BCUT2D eigenvalue weighted by Crippen LogP contribution is -2.17. The summed E-state index contributed by atoms with van der Waals surface area (Å²) >= 11 is 5.76. The Balaban J connectivity index is 1.99. The molecule has 0 unspecified atom stereocenters. The van der Waals surface area contributed by atoms with Gasteiger partial charge in [-0.3, -0.25) is 4.79 Å². The third-order valence-electron chi connectivity index (χ3n) is 2.70. The first kappa shape index (κ1) is 16.0. The predicted octanol–water partition coefficient (Wildman–Crippen LogP) is 4.12. The molecule has 3 nitrogen and oxygen atoms in total. The van der Waals surface area contributed by atoms with Gasteiger partial charge >= 0.3 is 6.18 Å². The average molecular weight is 327 g/mol. The molecule has 0 fully saturated rings. The number of nitrogens with zero attached hydrogens (tertiary/aromatic N) is 1. The Morgan fingerprint density at radius 3 is 2.41 bits per heavy atom. The lowest BCUT2D eigenvalue weighted by atomic mass is 10.1. The highest BCUT2D eigenvalue weighted by Crippen LogP contribution is 2.28. The van der Waals surface area contributed by atoms with Gasteiger partial charge in [0.1, 0.15) is 0 Å². The molecule has 0 aliphatic rings. The van der Waals surface area contributed by atoms with E-state index in [-0.39, 0.29) is 0 Å². The number of halogens is 4. The van der Waals surface area contributed by atoms with Gasteiger partial charge in [0.2, 0.25) is 0 Å². The highest BCUT2D eigenvalue weighted by atomic mass is 35.5. The SMILES string of the molecule is O=C(N/N=C\c1ccc(C(F)(F)F)cc1)c1cccc(Cl)c1. The summed E-state index contributed by atoms with van der Waals surface area (Å²) in [6, 6.07) is 10.7. The van der Waals surface area contributed by atoms with Crippen molar-refractivity contribution in [2.24, 2.45) is 5.10 Å². The molecular weight excluding hydrogens is 317 g/mol. The van der Waals surface area contributed by atoms with Gasteiger partial charge in [-0.2, -0.15) is 18.3 Å². The van der Waals surface area contributed by atoms with E-state index in [1.807, 2.05) is 0 Å². The summed E-state index contributed by atoms with van der Waals surface area (Å²) < 4.78 is 37.2. The van der Waals surface area contributed by atoms with Gasteiger partial charge < -0.3 is 0 Å². The van der Waals surface area contributed by atoms with Crippen molar-refractivity contribution >= 4 is 23.7 Å². The van der Waals surface area contributed by atoms with Crippen LogP contribution in [-0.2, 0) is 6.18 Å². The Hall–Kier alpha value is -2.34. The molecule has 0 aromatic heterocycles. The fourth-order valence-corrected chi connectivity index (χ4v) is 1.81. The minimum absolute atomic E-state index is 0.331. The maximum atomic E-state index is 12.4. The minimum atomic E-state index is -4.38. The predicted molar refractivity (Wildman–Crippen MR) is 78.0 cm³/mol. The third-order valence-corrected chi connectivity index (χ3v) is 2.94. The molecule has 0 atom stereocenters. The normalized spacial score (nSPS) is 11.6. The second kappa shape index (κ2) is 6.62. The van der Waals surface area contributed by atoms with E-state index in [0.717, 1.165) is 12.1 Å². The molecule has 1 N–H and O–H groups in total. The van der Waals surface area contributed by atoms with Crippen LogP contribution < -0.4 is 5.43 Å². The van der Waals surface area contributed by atoms with Gasteiger partial charge in [-0.05, 0) is 35.9 Å². The number of hydrogen-bond acceptors (Lipinski definition) is 2. The van der Waals surface area contributed by atoms with E-state index in [9.17, 15) is 18.0 Å². The van der Waals surface area contributed by atoms with Crippen molar-refractivity contribution < 1.29 is 18.0 Å². The number of carbonyl (C=O) groups excluding carboxylic acids is 1. The van der Waals surface area contributed by atoms with E-state index in [2.05, 4.69) is 10.5 Å². The van der Waals surface area contributed by atoms with Gasteiger partial charge in [-0.1, -0.05) is 29.8 Å². The number of rotatable bonds is 3. The van der Waals surface area contributed by atoms with E-state index in [1.54, 1.807) is 18.2 Å². The summed E-state index contributed by atoms with van der Waals surface area (Å²) in [5, 5.41) is 4.11. The maximum absolute atomic E-state index is 12.4. The summed E-state index contributed by atoms with van der Waals surface area (Å²) in [6.45, 7) is 0. The number of alkyl halides is 3. The second-order valence-electron chi connectivity index (χ2n) is 4.33. The van der Waals surface area contributed by atoms with E-state index >= 15 is 0 Å². The summed E-state index contributed by atoms with van der Waals surface area (Å²) in [4.78, 5) is 11.7. The van der Waals surface area contributed by atoms with Crippen molar-refractivity contribution in [1.82, 2.24) is 5.43 Å². The molecule has 0 aliphatic carbocycles. The first-order chi connectivity index (χ1) is 10.4. The van der Waals surface area contributed by atoms with Crippen molar-refractivity contribution in [2.45, 2.75) is 6.18 Å². The number of nitrogens with one attached hydrogen (secondary N) is 1. The van der Waals surface area contributed by atoms with Gasteiger partial charge in [0, 0.05) is 10.6 Å². The van der Waals surface area contributed by atoms with Crippen molar-refractivity contribution in [3.05, 3.63) is 70.2 Å². The zero-order valence-electron chi connectivity index (χ0n) is 11.1. The molecule has 0 bridgehead atoms. The molecule has 0 heterocycles. The van der Waals surface area contributed by atoms with Crippen LogP contribution in [0, 0.1) is 0 Å². The van der Waals surface area contributed by atoms with Crippen LogP contribution in [0.15, 0.2) is 53.6 Å². The number of hydrogen-bond donors (Lipinski definition) is 1. The smallest absolute Gasteiger partial charge is 0.267 e. The number of benzene rings is 2. The van der Waals surface area contributed by atoms with Gasteiger partial charge in [-0.15, -0.1) is 0 Å². The van der Waals surface area contributed by atoms with Gasteiger partial charge in [-0.25, -0.2) is 5.43 Å². The Morgan fingerprint density at radius 2 is 1.82 bits per heavy atom. The molecular formula is C15H10ClF3N2O. The Labute approximate surface area is 129 Å². The van der Waals surface area contributed by atoms with Crippen LogP contribution >= 0.6 is 11.6 Å². The monoisotopic (exact) mass is 326 g/mol. The number of carbonyl (C=O) groups is 1. The molecule has 114 valence electrons. The molecule has 0 spiro atoms. The van der Waals surface area contributed by atoms with Gasteiger partial charge in [0.15, 0.2) is 0 Å². The lowest BCUT2D eigenvalue weighted by Gasteiger charge is -2.05. The van der Waals surface area contributed by atoms with Crippen molar-refractivity contribution in [3.8, 4) is 0 Å². The first-order valence-electron chi connectivity index (χ1n) is 6.12. The van der Waals surface area contributed by atoms with Crippen molar-refractivity contribution in [2.75, 3.05) is 0 Å². The largest absolute Gasteiger partial charge is 0.416 e. The minimum Gasteiger partial charge on any atom is -0.267 e. The molecule has 1 amide bonds. The molecule has 0 saturated carbocycles. The standard InChI is InChI=1S/C15H10ClF3N2O/c16-13-3-1-2-11(8-13)14(22)21-20-9-10-4-6-12(7-5-10)15(17,18)19/h1-9H,(H,21,22)/b20-9-. The summed E-state index contributed by atoms with van der Waals surface area (Å²) in [5.41, 5.74) is 2.29. The number of amides is 1. The van der Waals surface area contributed by atoms with E-state index in [4.69, 9.17) is 11.6 Å². The molecule has 7 heteroatoms. The van der Waals surface area contributed by atoms with Gasteiger partial charge in [0.05, 0.1) is 11.8 Å². The molecule has 2 aromatic rings. The average Bonchev–Trinajstić information content (AvgIpc) is 2.47. The zero-order valence-corrected chi connectivity index (χ0v) is 11.8. The molecule has 2 rings (SSSR count). The van der Waals surface area contributed by atoms with Crippen LogP contribution in [-0.4, -0.2) is 12.1 Å². The molecule has 0 saturated heterocycles. The lowest BCUT2D eigenvalue weighted by molar-refractivity contribution is -0.137. The highest BCUT2D eigenvalue weighted by Gasteiger charge is 2.29. The topological polar surface area (TPSA) is 41.5 Å². The summed E-state index contributed by atoms with van der Waals surface area (Å²) in [6.07, 6.45) is -3.13. The van der Waals surface area contributed by atoms with Crippen LogP contribution in [0.5, 0.6) is 0 Å². The van der Waals surface area contributed by atoms with E-state index in [1.165, 1.54) is 24.4 Å². The quantitative estimate of drug-likeness (QED) is 0.669. The fraction of sp³-hybridized carbons (Fsp3) is 0.0667. The Bertz CT molecular complexity index is 697. The highest BCUT2D eigenvalue weighted by molar-refractivity contribution is 6.30. The fourth-order valence-electron chi connectivity index (χ4n) is 1.62. The van der Waals surface area contributed by atoms with Gasteiger partial charge in [0.25, 0.3) is 5.91 Å². The summed E-state index contributed by atoms with van der Waals surface area (Å²) in [7, 11) is 0. The molecule has 2 aromatic carbocycles. The van der Waals surface area contributed by atoms with Crippen LogP contribution in [0.2, 0.25) is 5.02 Å². The van der Waals surface area contributed by atoms with E-state index in [0.29, 0.717) is 16.1 Å². The summed E-state index contributed by atoms with van der Waals surface area (Å²) in [5.74, 6) is -0.467. The van der Waals surface area contributed by atoms with Crippen molar-refractivity contribution in [3.63, 3.8) is 0 Å². The van der Waals surface area contributed by atoms with Crippen LogP contribution in [0.4, 0.5) is 13.2 Å². The molecule has 0 aliphatic heterocycles. The Morgan fingerprint density at radius 1 is 1.14 bits per heavy atom. The Kier molecular flexibility index (Phi) is 4.82. The maximum Gasteiger partial charge on any atom is 0.416 e. The van der Waals surface area contributed by atoms with Crippen LogP contribution in [0.3, 0.4) is 0 Å². The van der Waals surface area contributed by atoms with Crippen molar-refractivity contribution in [1.29, 1.82) is 0 Å². The van der Waals surface area contributed by atoms with Crippen LogP contribution in [0.25, 0.3) is 0 Å². The zero-order chi connectivity index (χ0) is 16.2. The van der Waals surface area contributed by atoms with E-state index < -0.39 is 17.6 Å². The number of hydrazone groups is 1. The molecule has 0 radical (unpaired) electrons. The second-order valence-corrected chi connectivity index (χ2v) is 4.77. The van der Waals surface area contributed by atoms with Crippen LogP contribution in [0.1, 0.15) is 21.5 Å². The molecule has 22 heavy (non-hydrogen) atoms.